The lowest BCUT2D eigenvalue weighted by Crippen LogP contribution is -3.00. The van der Waals surface area contributed by atoms with Gasteiger partial charge in [-0.25, -0.2) is 0 Å². The van der Waals surface area contributed by atoms with E-state index in [1.165, 1.54) is 0 Å². The molecule has 0 heterocycles. The van der Waals surface area contributed by atoms with E-state index in [2.05, 4.69) is 11.1 Å². The number of ether oxygens (including phenoxy) is 1. The molecule has 0 bridgehead atoms. The van der Waals surface area contributed by atoms with Crippen molar-refractivity contribution < 1.29 is 27.7 Å². The number of halogens is 1. The normalized spacial score (nSPS) is 9.73. The molecule has 22 heavy (non-hydrogen) atoms. The van der Waals surface area contributed by atoms with Gasteiger partial charge in [-0.3, -0.25) is 4.79 Å². The Labute approximate surface area is 137 Å². The molecule has 0 aromatic heterocycles. The van der Waals surface area contributed by atoms with Gasteiger partial charge in [0.1, 0.15) is 5.75 Å². The van der Waals surface area contributed by atoms with Gasteiger partial charge in [0.15, 0.2) is 0 Å². The van der Waals surface area contributed by atoms with Crippen LogP contribution in [0.1, 0.15) is 16.8 Å². The molecular formula is C17H21ClN2O2. The van der Waals surface area contributed by atoms with Crippen molar-refractivity contribution in [3.63, 3.8) is 0 Å². The van der Waals surface area contributed by atoms with Crippen LogP contribution in [0, 0.1) is 0 Å². The smallest absolute Gasteiger partial charge is 0.251 e. The molecule has 2 aromatic rings. The highest BCUT2D eigenvalue weighted by molar-refractivity contribution is 5.94. The minimum atomic E-state index is -0.0463. The first-order valence-corrected chi connectivity index (χ1v) is 7.07. The minimum absolute atomic E-state index is 0. The first-order chi connectivity index (χ1) is 10.3. The number of hydrogen-bond donors (Lipinski definition) is 2. The molecule has 2 aromatic carbocycles. The Morgan fingerprint density at radius 1 is 1.14 bits per heavy atom. The molecule has 0 spiro atoms. The fourth-order valence-corrected chi connectivity index (χ4v) is 2.11. The Balaban J connectivity index is 0.00000242. The predicted molar refractivity (Wildman–Crippen MR) is 83.1 cm³/mol. The Hall–Kier alpha value is -2.04. The number of rotatable bonds is 6. The van der Waals surface area contributed by atoms with Crippen LogP contribution in [-0.2, 0) is 0 Å². The number of carbonyl (C=O) groups is 1. The van der Waals surface area contributed by atoms with Crippen molar-refractivity contribution in [3.8, 4) is 16.9 Å². The Kier molecular flexibility index (Phi) is 7.43. The lowest BCUT2D eigenvalue weighted by atomic mass is 10.0. The molecule has 4 N–H and O–H groups in total. The molecule has 118 valence electrons. The minimum Gasteiger partial charge on any atom is -1.00 e. The Morgan fingerprint density at radius 2 is 1.82 bits per heavy atom. The van der Waals surface area contributed by atoms with Gasteiger partial charge in [0, 0.05) is 24.1 Å². The van der Waals surface area contributed by atoms with Crippen molar-refractivity contribution in [2.75, 3.05) is 20.2 Å². The molecule has 1 amide bonds. The summed E-state index contributed by atoms with van der Waals surface area (Å²) in [6.07, 6.45) is 0.894. The average Bonchev–Trinajstić information content (AvgIpc) is 2.55. The highest BCUT2D eigenvalue weighted by atomic mass is 35.5. The molecule has 0 saturated heterocycles. The summed E-state index contributed by atoms with van der Waals surface area (Å²) in [7, 11) is 1.66. The van der Waals surface area contributed by atoms with Gasteiger partial charge in [0.05, 0.1) is 13.7 Å². The summed E-state index contributed by atoms with van der Waals surface area (Å²) in [6, 6.07) is 15.4. The SMILES string of the molecule is COc1ccccc1-c1ccc(C(=O)NCCC[NH3+])cc1.[Cl-]. The number of benzene rings is 2. The second kappa shape index (κ2) is 9.07. The topological polar surface area (TPSA) is 66.0 Å². The van der Waals surface area contributed by atoms with Gasteiger partial charge in [-0.1, -0.05) is 30.3 Å². The van der Waals surface area contributed by atoms with Gasteiger partial charge < -0.3 is 28.2 Å². The van der Waals surface area contributed by atoms with Crippen molar-refractivity contribution in [1.82, 2.24) is 5.32 Å². The molecule has 0 saturated carbocycles. The van der Waals surface area contributed by atoms with Crippen LogP contribution >= 0.6 is 0 Å². The number of carbonyl (C=O) groups excluding carboxylic acids is 1. The van der Waals surface area contributed by atoms with E-state index in [0.717, 1.165) is 29.8 Å². The number of quaternary nitrogens is 1. The van der Waals surface area contributed by atoms with E-state index >= 15 is 0 Å². The fourth-order valence-electron chi connectivity index (χ4n) is 2.11. The lowest BCUT2D eigenvalue weighted by Gasteiger charge is -2.09. The summed E-state index contributed by atoms with van der Waals surface area (Å²) in [5, 5.41) is 2.88. The maximum Gasteiger partial charge on any atom is 0.251 e. The summed E-state index contributed by atoms with van der Waals surface area (Å²) in [5.41, 5.74) is 6.47. The summed E-state index contributed by atoms with van der Waals surface area (Å²) < 4.78 is 5.36. The molecule has 2 rings (SSSR count). The van der Waals surface area contributed by atoms with Gasteiger partial charge >= 0.3 is 0 Å². The third kappa shape index (κ3) is 4.48. The molecule has 0 aliphatic carbocycles. The molecule has 0 aliphatic rings. The van der Waals surface area contributed by atoms with Gasteiger partial charge in [0.2, 0.25) is 0 Å². The first-order valence-electron chi connectivity index (χ1n) is 7.07. The standard InChI is InChI=1S/C17H20N2O2.ClH/c1-21-16-6-3-2-5-15(16)13-7-9-14(10-8-13)17(20)19-12-4-11-18;/h2-3,5-10H,4,11-12,18H2,1H3,(H,19,20);1H. The van der Waals surface area contributed by atoms with E-state index in [0.29, 0.717) is 12.1 Å². The van der Waals surface area contributed by atoms with E-state index in [4.69, 9.17) is 4.74 Å². The van der Waals surface area contributed by atoms with E-state index in [1.54, 1.807) is 7.11 Å². The van der Waals surface area contributed by atoms with E-state index in [-0.39, 0.29) is 18.3 Å². The van der Waals surface area contributed by atoms with Crippen LogP contribution in [0.2, 0.25) is 0 Å². The van der Waals surface area contributed by atoms with Crippen molar-refractivity contribution in [2.45, 2.75) is 6.42 Å². The third-order valence-electron chi connectivity index (χ3n) is 3.28. The first kappa shape index (κ1) is 18.0. The van der Waals surface area contributed by atoms with Crippen molar-refractivity contribution in [2.24, 2.45) is 0 Å². The molecule has 0 atom stereocenters. The van der Waals surface area contributed by atoms with E-state index < -0.39 is 0 Å². The van der Waals surface area contributed by atoms with Crippen molar-refractivity contribution >= 4 is 5.91 Å². The second-order valence-corrected chi connectivity index (χ2v) is 4.74. The second-order valence-electron chi connectivity index (χ2n) is 4.74. The van der Waals surface area contributed by atoms with Gasteiger partial charge in [0.25, 0.3) is 5.91 Å². The van der Waals surface area contributed by atoms with Crippen LogP contribution in [0.4, 0.5) is 0 Å². The zero-order valence-electron chi connectivity index (χ0n) is 12.6. The lowest BCUT2D eigenvalue weighted by molar-refractivity contribution is -0.367. The molecule has 0 aliphatic heterocycles. The highest BCUT2D eigenvalue weighted by Crippen LogP contribution is 2.29. The summed E-state index contributed by atoms with van der Waals surface area (Å²) in [5.74, 6) is 0.778. The molecule has 0 radical (unpaired) electrons. The highest BCUT2D eigenvalue weighted by Gasteiger charge is 2.07. The summed E-state index contributed by atoms with van der Waals surface area (Å²) in [4.78, 5) is 11.9. The molecule has 0 unspecified atom stereocenters. The Morgan fingerprint density at radius 3 is 2.45 bits per heavy atom. The monoisotopic (exact) mass is 320 g/mol. The maximum atomic E-state index is 11.9. The zero-order chi connectivity index (χ0) is 15.1. The molecule has 0 fully saturated rings. The van der Waals surface area contributed by atoms with Gasteiger partial charge in [-0.15, -0.1) is 0 Å². The quantitative estimate of drug-likeness (QED) is 0.652. The van der Waals surface area contributed by atoms with Crippen LogP contribution in [0.3, 0.4) is 0 Å². The number of nitrogens with one attached hydrogen (secondary N) is 1. The maximum absolute atomic E-state index is 11.9. The van der Waals surface area contributed by atoms with E-state index in [9.17, 15) is 4.79 Å². The number of amides is 1. The van der Waals surface area contributed by atoms with E-state index in [1.807, 2.05) is 48.5 Å². The average molecular weight is 321 g/mol. The summed E-state index contributed by atoms with van der Waals surface area (Å²) in [6.45, 7) is 1.49. The van der Waals surface area contributed by atoms with Crippen LogP contribution < -0.4 is 28.2 Å². The van der Waals surface area contributed by atoms with Gasteiger partial charge in [-0.05, 0) is 23.8 Å². The predicted octanol–water partition coefficient (Wildman–Crippen LogP) is -1.27. The largest absolute Gasteiger partial charge is 1.00 e. The molecule has 5 heteroatoms. The fraction of sp³-hybridized carbons (Fsp3) is 0.235. The van der Waals surface area contributed by atoms with Crippen LogP contribution in [0.15, 0.2) is 48.5 Å². The number of methoxy groups -OCH3 is 1. The number of para-hydroxylation sites is 1. The van der Waals surface area contributed by atoms with Crippen molar-refractivity contribution in [1.29, 1.82) is 0 Å². The zero-order valence-corrected chi connectivity index (χ0v) is 13.4. The Bertz CT molecular complexity index is 600. The molecular weight excluding hydrogens is 300 g/mol. The number of hydrogen-bond acceptors (Lipinski definition) is 2. The van der Waals surface area contributed by atoms with Crippen LogP contribution in [-0.4, -0.2) is 26.1 Å². The van der Waals surface area contributed by atoms with Crippen LogP contribution in [0.5, 0.6) is 5.75 Å². The third-order valence-corrected chi connectivity index (χ3v) is 3.28. The summed E-state index contributed by atoms with van der Waals surface area (Å²) >= 11 is 0. The van der Waals surface area contributed by atoms with Crippen LogP contribution in [0.25, 0.3) is 11.1 Å². The van der Waals surface area contributed by atoms with Crippen molar-refractivity contribution in [3.05, 3.63) is 54.1 Å². The van der Waals surface area contributed by atoms with Gasteiger partial charge in [-0.2, -0.15) is 0 Å². The molecule has 4 nitrogen and oxygen atoms in total.